The third kappa shape index (κ3) is 8.90. The van der Waals surface area contributed by atoms with Crippen molar-refractivity contribution in [2.75, 3.05) is 55.4 Å². The predicted molar refractivity (Wildman–Crippen MR) is 247 cm³/mol. The molecule has 0 atom stereocenters. The fraction of sp³-hybridized carbons (Fsp3) is 0.452. The van der Waals surface area contributed by atoms with Gasteiger partial charge >= 0.3 is 0 Å². The maximum atomic E-state index is 12.1. The van der Waals surface area contributed by atoms with Gasteiger partial charge in [-0.1, -0.05) is 60.0 Å². The van der Waals surface area contributed by atoms with E-state index in [1.165, 1.54) is 40.3 Å². The van der Waals surface area contributed by atoms with E-state index in [0.717, 1.165) is 138 Å². The molecule has 0 bridgehead atoms. The molecule has 10 rings (SSSR count). The Balaban J connectivity index is 0.000000156. The minimum atomic E-state index is -0.0558. The van der Waals surface area contributed by atoms with Crippen LogP contribution in [0.25, 0.3) is 43.7 Å². The van der Waals surface area contributed by atoms with E-state index < -0.39 is 0 Å². The second-order valence-corrected chi connectivity index (χ2v) is 19.9. The van der Waals surface area contributed by atoms with Crippen LogP contribution in [0.3, 0.4) is 0 Å². The van der Waals surface area contributed by atoms with Crippen LogP contribution in [0.2, 0.25) is 0 Å². The molecule has 2 saturated heterocycles. The average Bonchev–Trinajstić information content (AvgIpc) is 4.08. The number of aromatic nitrogens is 9. The summed E-state index contributed by atoms with van der Waals surface area (Å²) in [5.41, 5.74) is 11.0. The highest BCUT2D eigenvalue weighted by Crippen LogP contribution is 2.47. The first-order valence-electron chi connectivity index (χ1n) is 21.0. The summed E-state index contributed by atoms with van der Waals surface area (Å²) in [6.45, 7) is 8.08. The standard InChI is InChI=1S/C21H25N7OS2.C21H24N6OS2/c1-3-30-21(29)25-20-24-16-5-4-15-17(13-10-22-12-23-11-13)26-28(18(15)19(16)31-20)14-6-8-27(2)9-7-14;1-2-29-21(28)25-20-24-16-6-5-15-17(13-4-3-9-23-12-13)26-27(18(15)19(16)30-20)14-7-10-22-11-8-14/h10-12,14H,3-9H2,1-2H3,(H,24,25,29);3-4,9,12,14,22H,2,5-8,10-11H2,1H3,(H,24,25,28). The van der Waals surface area contributed by atoms with Gasteiger partial charge in [-0.05, 0) is 108 Å². The van der Waals surface area contributed by atoms with Crippen molar-refractivity contribution in [3.05, 3.63) is 65.8 Å². The summed E-state index contributed by atoms with van der Waals surface area (Å²) < 4.78 is 4.47. The molecular formula is C42H49N13O2S4. The summed E-state index contributed by atoms with van der Waals surface area (Å²) >= 11 is 5.67. The summed E-state index contributed by atoms with van der Waals surface area (Å²) in [7, 11) is 2.17. The van der Waals surface area contributed by atoms with Crippen molar-refractivity contribution < 1.29 is 9.59 Å². The lowest BCUT2D eigenvalue weighted by Gasteiger charge is -2.30. The fourth-order valence-electron chi connectivity index (χ4n) is 8.62. The predicted octanol–water partition coefficient (Wildman–Crippen LogP) is 8.49. The highest BCUT2D eigenvalue weighted by Gasteiger charge is 2.34. The van der Waals surface area contributed by atoms with Gasteiger partial charge < -0.3 is 10.2 Å². The van der Waals surface area contributed by atoms with Crippen LogP contribution in [0.15, 0.2) is 43.2 Å². The minimum Gasteiger partial charge on any atom is -0.317 e. The second-order valence-electron chi connectivity index (χ2n) is 15.4. The van der Waals surface area contributed by atoms with Gasteiger partial charge in [0, 0.05) is 47.0 Å². The molecule has 19 heteroatoms. The molecule has 8 heterocycles. The van der Waals surface area contributed by atoms with E-state index in [1.54, 1.807) is 35.2 Å². The smallest absolute Gasteiger partial charge is 0.285 e. The molecule has 2 amide bonds. The maximum Gasteiger partial charge on any atom is 0.285 e. The van der Waals surface area contributed by atoms with E-state index in [4.69, 9.17) is 20.2 Å². The first-order valence-corrected chi connectivity index (χ1v) is 24.6. The normalized spacial score (nSPS) is 16.4. The molecule has 61 heavy (non-hydrogen) atoms. The number of nitrogens with zero attached hydrogens (tertiary/aromatic N) is 10. The lowest BCUT2D eigenvalue weighted by atomic mass is 9.95. The number of aryl methyl sites for hydroxylation is 2. The lowest BCUT2D eigenvalue weighted by molar-refractivity contribution is 0.213. The number of thiazole rings is 2. The molecule has 4 aliphatic rings. The van der Waals surface area contributed by atoms with Crippen LogP contribution >= 0.6 is 46.2 Å². The molecule has 318 valence electrons. The quantitative estimate of drug-likeness (QED) is 0.133. The molecule has 15 nitrogen and oxygen atoms in total. The van der Waals surface area contributed by atoms with E-state index in [2.05, 4.69) is 58.3 Å². The number of piperidine rings is 2. The van der Waals surface area contributed by atoms with Crippen LogP contribution in [0.1, 0.15) is 74.1 Å². The number of likely N-dealkylation sites (tertiary alicyclic amines) is 1. The van der Waals surface area contributed by atoms with Crippen LogP contribution in [0.5, 0.6) is 0 Å². The number of nitrogens with one attached hydrogen (secondary N) is 3. The van der Waals surface area contributed by atoms with Gasteiger partial charge in [0.25, 0.3) is 10.5 Å². The molecule has 3 N–H and O–H groups in total. The summed E-state index contributed by atoms with van der Waals surface area (Å²) in [6.07, 6.45) is 16.7. The molecule has 6 aromatic heterocycles. The topological polar surface area (TPSA) is 174 Å². The number of hydrogen-bond donors (Lipinski definition) is 3. The van der Waals surface area contributed by atoms with Crippen LogP contribution in [0, 0.1) is 0 Å². The van der Waals surface area contributed by atoms with E-state index in [-0.39, 0.29) is 10.5 Å². The zero-order valence-electron chi connectivity index (χ0n) is 34.5. The van der Waals surface area contributed by atoms with Crippen LogP contribution < -0.4 is 16.0 Å². The maximum absolute atomic E-state index is 12.1. The number of pyridine rings is 1. The Morgan fingerprint density at radius 3 is 1.79 bits per heavy atom. The summed E-state index contributed by atoms with van der Waals surface area (Å²) in [5.74, 6) is 1.49. The molecule has 2 fully saturated rings. The third-order valence-corrected chi connectivity index (χ3v) is 14.8. The lowest BCUT2D eigenvalue weighted by Crippen LogP contribution is -2.32. The van der Waals surface area contributed by atoms with Crippen molar-refractivity contribution in [1.29, 1.82) is 0 Å². The van der Waals surface area contributed by atoms with Gasteiger partial charge in [-0.15, -0.1) is 0 Å². The van der Waals surface area contributed by atoms with Crippen molar-refractivity contribution in [3.63, 3.8) is 0 Å². The Hall–Kier alpha value is -4.53. The summed E-state index contributed by atoms with van der Waals surface area (Å²) in [6, 6.07) is 4.76. The third-order valence-electron chi connectivity index (χ3n) is 11.5. The second kappa shape index (κ2) is 18.8. The van der Waals surface area contributed by atoms with Gasteiger partial charge in [-0.2, -0.15) is 10.2 Å². The van der Waals surface area contributed by atoms with Crippen LogP contribution in [-0.4, -0.2) is 105 Å². The summed E-state index contributed by atoms with van der Waals surface area (Å²) in [4.78, 5) is 51.0. The molecule has 0 saturated carbocycles. The largest absolute Gasteiger partial charge is 0.317 e. The Kier molecular flexibility index (Phi) is 12.9. The molecule has 2 aliphatic heterocycles. The van der Waals surface area contributed by atoms with Crippen LogP contribution in [0.4, 0.5) is 19.9 Å². The van der Waals surface area contributed by atoms with E-state index in [0.29, 0.717) is 22.3 Å². The number of hydrogen-bond acceptors (Lipinski definition) is 15. The number of thioether (sulfide) groups is 2. The number of fused-ring (bicyclic) bond motifs is 6. The zero-order valence-corrected chi connectivity index (χ0v) is 37.8. The number of carbonyl (C=O) groups excluding carboxylic acids is 2. The number of amides is 2. The molecule has 6 aromatic rings. The molecule has 0 spiro atoms. The minimum absolute atomic E-state index is 0.0493. The first kappa shape index (κ1) is 41.8. The number of rotatable bonds is 8. The number of carbonyl (C=O) groups is 2. The van der Waals surface area contributed by atoms with E-state index in [1.807, 2.05) is 38.5 Å². The Labute approximate surface area is 371 Å². The Morgan fingerprint density at radius 1 is 0.738 bits per heavy atom. The van der Waals surface area contributed by atoms with E-state index in [9.17, 15) is 9.59 Å². The van der Waals surface area contributed by atoms with E-state index >= 15 is 0 Å². The average molecular weight is 896 g/mol. The molecule has 0 unspecified atom stereocenters. The number of anilines is 2. The Morgan fingerprint density at radius 2 is 1.26 bits per heavy atom. The molecule has 0 aromatic carbocycles. The van der Waals surface area contributed by atoms with Gasteiger partial charge in [-0.3, -0.25) is 34.6 Å². The van der Waals surface area contributed by atoms with Gasteiger partial charge in [0.1, 0.15) is 6.33 Å². The van der Waals surface area contributed by atoms with Crippen molar-refractivity contribution in [2.45, 2.75) is 77.3 Å². The fourth-order valence-corrected chi connectivity index (χ4v) is 11.8. The van der Waals surface area contributed by atoms with Crippen molar-refractivity contribution >= 4 is 66.9 Å². The van der Waals surface area contributed by atoms with Gasteiger partial charge in [0.2, 0.25) is 0 Å². The molecule has 2 aliphatic carbocycles. The van der Waals surface area contributed by atoms with Gasteiger partial charge in [0.15, 0.2) is 10.3 Å². The molecule has 0 radical (unpaired) electrons. The SMILES string of the molecule is CCSC(=O)Nc1nc2c(s1)-c1c(c(-c3cccnc3)nn1C1CCNCC1)CC2.CCSC(=O)Nc1nc2c(s1)-c1c(c(-c3cncnc3)nn1C1CCN(C)CC1)CC2. The highest BCUT2D eigenvalue weighted by atomic mass is 32.2. The Bertz CT molecular complexity index is 2490. The molecular weight excluding hydrogens is 847 g/mol. The van der Waals surface area contributed by atoms with Gasteiger partial charge in [-0.25, -0.2) is 19.9 Å². The van der Waals surface area contributed by atoms with Crippen LogP contribution in [-0.2, 0) is 25.7 Å². The summed E-state index contributed by atoms with van der Waals surface area (Å²) in [5, 5.41) is 20.8. The van der Waals surface area contributed by atoms with Crippen molar-refractivity contribution in [1.82, 2.24) is 54.7 Å². The van der Waals surface area contributed by atoms with Crippen molar-refractivity contribution in [2.24, 2.45) is 0 Å². The monoisotopic (exact) mass is 895 g/mol. The highest BCUT2D eigenvalue weighted by molar-refractivity contribution is 8.14. The zero-order chi connectivity index (χ0) is 41.9. The van der Waals surface area contributed by atoms with Crippen molar-refractivity contribution in [3.8, 4) is 43.7 Å². The first-order chi connectivity index (χ1) is 29.9. The van der Waals surface area contributed by atoms with Gasteiger partial charge in [0.05, 0.1) is 56.0 Å².